The summed E-state index contributed by atoms with van der Waals surface area (Å²) in [4.78, 5) is 4.39. The Labute approximate surface area is 215 Å². The summed E-state index contributed by atoms with van der Waals surface area (Å²) in [6.07, 6.45) is 7.43. The van der Waals surface area contributed by atoms with Crippen molar-refractivity contribution in [1.82, 2.24) is 4.57 Å². The molecule has 1 heterocycles. The summed E-state index contributed by atoms with van der Waals surface area (Å²) in [5.41, 5.74) is 7.08. The number of hydrogen-bond acceptors (Lipinski definition) is 1. The Bertz CT molecular complexity index is 1250. The molecule has 0 aliphatic carbocycles. The molecule has 0 saturated carbocycles. The third-order valence-corrected chi connectivity index (χ3v) is 6.29. The quantitative estimate of drug-likeness (QED) is 0.224. The zero-order valence-electron chi connectivity index (χ0n) is 21.9. The van der Waals surface area contributed by atoms with E-state index in [0.29, 0.717) is 6.42 Å². The Kier molecular flexibility index (Phi) is 10.00. The molecule has 0 N–H and O–H groups in total. The van der Waals surface area contributed by atoms with Gasteiger partial charge in [0.1, 0.15) is 0 Å². The summed E-state index contributed by atoms with van der Waals surface area (Å²) in [5, 5.41) is 0. The highest BCUT2D eigenvalue weighted by Gasteiger charge is 2.24. The molecule has 0 aliphatic heterocycles. The van der Waals surface area contributed by atoms with Crippen LogP contribution in [0.1, 0.15) is 43.9 Å². The Hall–Kier alpha value is -3.72. The number of aryl methyl sites for hydroxylation is 1. The van der Waals surface area contributed by atoms with Gasteiger partial charge in [0.2, 0.25) is 0 Å². The smallest absolute Gasteiger partial charge is 0.183 e. The lowest BCUT2D eigenvalue weighted by atomic mass is 10.0. The van der Waals surface area contributed by atoms with Crippen LogP contribution in [0.4, 0.5) is 4.39 Å². The molecule has 4 aromatic rings. The van der Waals surface area contributed by atoms with Gasteiger partial charge in [-0.3, -0.25) is 4.99 Å². The minimum atomic E-state index is -1.32. The number of benzene rings is 3. The minimum Gasteiger partial charge on any atom is -0.315 e. The molecule has 0 amide bonds. The number of nitrogens with zero attached hydrogens (tertiary/aromatic N) is 2. The number of aliphatic imine (C=N–C) groups is 1. The van der Waals surface area contributed by atoms with E-state index in [1.54, 1.807) is 17.7 Å². The van der Waals surface area contributed by atoms with E-state index < -0.39 is 5.79 Å². The van der Waals surface area contributed by atoms with Crippen molar-refractivity contribution < 1.29 is 4.39 Å². The van der Waals surface area contributed by atoms with E-state index in [-0.39, 0.29) is 0 Å². The molecule has 4 rings (SSSR count). The summed E-state index contributed by atoms with van der Waals surface area (Å²) in [6, 6.07) is 32.7. The number of hydrogen-bond donors (Lipinski definition) is 0. The number of aromatic nitrogens is 1. The standard InChI is InChI=1S/C19H21N.C14H16FN/c1-3-20-15-19(18-11-5-4-6-12-18)14-13-17-10-8-7-9-16(17)2;1-3-14(2,15)16-11-7-10-13(16)12-8-5-4-6-9-12/h4-12,14-15H,3,13H2,1-2H3;4-11H,3H2,1-2H3/b19-14+,20-15?;. The van der Waals surface area contributed by atoms with Gasteiger partial charge in [0.15, 0.2) is 5.79 Å². The van der Waals surface area contributed by atoms with Crippen molar-refractivity contribution in [1.29, 1.82) is 0 Å². The van der Waals surface area contributed by atoms with Crippen molar-refractivity contribution >= 4 is 11.8 Å². The molecule has 1 atom stereocenters. The lowest BCUT2D eigenvalue weighted by Crippen LogP contribution is -2.23. The van der Waals surface area contributed by atoms with Crippen LogP contribution < -0.4 is 0 Å². The molecule has 3 aromatic carbocycles. The average Bonchev–Trinajstić information content (AvgIpc) is 3.42. The SMILES string of the molecule is CCC(C)(F)n1cccc1-c1ccccc1.CCN=C/C(=C\Cc1ccccc1C)c1ccccc1. The van der Waals surface area contributed by atoms with E-state index in [0.717, 1.165) is 24.2 Å². The molecule has 0 fully saturated rings. The van der Waals surface area contributed by atoms with Crippen molar-refractivity contribution in [2.24, 2.45) is 4.99 Å². The first-order chi connectivity index (χ1) is 17.5. The fourth-order valence-electron chi connectivity index (χ4n) is 3.93. The topological polar surface area (TPSA) is 17.3 Å². The lowest BCUT2D eigenvalue weighted by Gasteiger charge is -2.23. The summed E-state index contributed by atoms with van der Waals surface area (Å²) in [7, 11) is 0. The van der Waals surface area contributed by atoms with Crippen molar-refractivity contribution in [2.75, 3.05) is 6.54 Å². The van der Waals surface area contributed by atoms with Crippen molar-refractivity contribution in [3.63, 3.8) is 0 Å². The highest BCUT2D eigenvalue weighted by molar-refractivity contribution is 6.09. The van der Waals surface area contributed by atoms with Crippen molar-refractivity contribution in [3.8, 4) is 11.3 Å². The molecule has 1 unspecified atom stereocenters. The van der Waals surface area contributed by atoms with Crippen LogP contribution in [0.3, 0.4) is 0 Å². The predicted octanol–water partition coefficient (Wildman–Crippen LogP) is 8.92. The van der Waals surface area contributed by atoms with E-state index in [1.165, 1.54) is 22.3 Å². The fourth-order valence-corrected chi connectivity index (χ4v) is 3.93. The van der Waals surface area contributed by atoms with Gasteiger partial charge in [0, 0.05) is 19.0 Å². The third-order valence-electron chi connectivity index (χ3n) is 6.29. The van der Waals surface area contributed by atoms with Gasteiger partial charge in [-0.1, -0.05) is 97.9 Å². The molecule has 186 valence electrons. The Morgan fingerprint density at radius 1 is 0.861 bits per heavy atom. The number of allylic oxidation sites excluding steroid dienone is 2. The first kappa shape index (κ1) is 26.9. The zero-order chi connectivity index (χ0) is 25.8. The van der Waals surface area contributed by atoms with Crippen LogP contribution in [-0.4, -0.2) is 17.3 Å². The summed E-state index contributed by atoms with van der Waals surface area (Å²) in [5.74, 6) is -1.32. The molecule has 1 aromatic heterocycles. The van der Waals surface area contributed by atoms with E-state index in [2.05, 4.69) is 73.4 Å². The first-order valence-corrected chi connectivity index (χ1v) is 12.7. The van der Waals surface area contributed by atoms with Crippen LogP contribution in [-0.2, 0) is 12.2 Å². The van der Waals surface area contributed by atoms with Crippen LogP contribution in [0.25, 0.3) is 16.8 Å². The normalized spacial score (nSPS) is 13.2. The average molecular weight is 481 g/mol. The fraction of sp³-hybridized carbons (Fsp3) is 0.242. The Morgan fingerprint density at radius 2 is 1.50 bits per heavy atom. The van der Waals surface area contributed by atoms with E-state index in [9.17, 15) is 4.39 Å². The van der Waals surface area contributed by atoms with Gasteiger partial charge in [-0.25, -0.2) is 4.39 Å². The van der Waals surface area contributed by atoms with Crippen LogP contribution >= 0.6 is 0 Å². The van der Waals surface area contributed by atoms with Crippen LogP contribution in [0.5, 0.6) is 0 Å². The second-order valence-electron chi connectivity index (χ2n) is 8.91. The summed E-state index contributed by atoms with van der Waals surface area (Å²) < 4.78 is 16.0. The molecule has 0 bridgehead atoms. The molecule has 36 heavy (non-hydrogen) atoms. The van der Waals surface area contributed by atoms with Gasteiger partial charge >= 0.3 is 0 Å². The highest BCUT2D eigenvalue weighted by Crippen LogP contribution is 2.30. The first-order valence-electron chi connectivity index (χ1n) is 12.7. The van der Waals surface area contributed by atoms with Crippen LogP contribution in [0, 0.1) is 6.92 Å². The summed E-state index contributed by atoms with van der Waals surface area (Å²) in [6.45, 7) is 8.49. The minimum absolute atomic E-state index is 0.460. The maximum atomic E-state index is 14.3. The Morgan fingerprint density at radius 3 is 2.14 bits per heavy atom. The number of halogens is 1. The van der Waals surface area contributed by atoms with E-state index in [4.69, 9.17) is 0 Å². The molecular formula is C33H37FN2. The molecule has 0 radical (unpaired) electrons. The molecule has 0 spiro atoms. The van der Waals surface area contributed by atoms with Crippen LogP contribution in [0.2, 0.25) is 0 Å². The van der Waals surface area contributed by atoms with Gasteiger partial charge in [-0.2, -0.15) is 0 Å². The maximum Gasteiger partial charge on any atom is 0.183 e. The molecule has 2 nitrogen and oxygen atoms in total. The van der Waals surface area contributed by atoms with Crippen LogP contribution in [0.15, 0.2) is 114 Å². The highest BCUT2D eigenvalue weighted by atomic mass is 19.1. The maximum absolute atomic E-state index is 14.3. The second kappa shape index (κ2) is 13.4. The van der Waals surface area contributed by atoms with Gasteiger partial charge < -0.3 is 4.57 Å². The van der Waals surface area contributed by atoms with E-state index in [1.807, 2.05) is 61.7 Å². The zero-order valence-corrected chi connectivity index (χ0v) is 21.9. The lowest BCUT2D eigenvalue weighted by molar-refractivity contribution is 0.0913. The Balaban J connectivity index is 0.000000205. The van der Waals surface area contributed by atoms with Gasteiger partial charge in [-0.05, 0) is 73.6 Å². The van der Waals surface area contributed by atoms with Gasteiger partial charge in [0.05, 0.1) is 5.69 Å². The number of alkyl halides is 1. The molecule has 3 heteroatoms. The summed E-state index contributed by atoms with van der Waals surface area (Å²) >= 11 is 0. The van der Waals surface area contributed by atoms with Crippen molar-refractivity contribution in [3.05, 3.63) is 126 Å². The van der Waals surface area contributed by atoms with Gasteiger partial charge in [0.25, 0.3) is 0 Å². The molecular weight excluding hydrogens is 443 g/mol. The molecule has 0 aliphatic rings. The molecule has 0 saturated heterocycles. The largest absolute Gasteiger partial charge is 0.315 e. The third kappa shape index (κ3) is 7.39. The monoisotopic (exact) mass is 480 g/mol. The number of rotatable bonds is 8. The van der Waals surface area contributed by atoms with E-state index >= 15 is 0 Å². The predicted molar refractivity (Wildman–Crippen MR) is 153 cm³/mol. The van der Waals surface area contributed by atoms with Gasteiger partial charge in [-0.15, -0.1) is 0 Å². The second-order valence-corrected chi connectivity index (χ2v) is 8.91. The van der Waals surface area contributed by atoms with Crippen molar-refractivity contribution in [2.45, 2.75) is 46.3 Å².